The quantitative estimate of drug-likeness (QED) is 0.568. The first-order valence-corrected chi connectivity index (χ1v) is 10.2. The molecule has 0 spiro atoms. The Morgan fingerprint density at radius 3 is 2.38 bits per heavy atom. The standard InChI is InChI=1S/C23H26FN5O.2ClH/c24-21-7-6-18(12-19(21)14-25)22-13-20(16-28-10-8-26-9-11-28)23(30)29(27-22)15-17-4-2-1-3-5-17;;/h1-7,12-13,26H,8-11,14-16,25H2;2*1H. The van der Waals surface area contributed by atoms with Gasteiger partial charge in [-0.25, -0.2) is 9.07 Å². The molecule has 1 fully saturated rings. The molecule has 2 heterocycles. The molecule has 1 aromatic heterocycles. The SMILES string of the molecule is Cl.Cl.NCc1cc(-c2cc(CN3CCNCC3)c(=O)n(Cc3ccccc3)n2)ccc1F. The van der Waals surface area contributed by atoms with Crippen LogP contribution in [0.25, 0.3) is 11.3 Å². The maximum atomic E-state index is 13.9. The van der Waals surface area contributed by atoms with Crippen molar-refractivity contribution in [1.29, 1.82) is 0 Å². The Labute approximate surface area is 199 Å². The average Bonchev–Trinajstić information content (AvgIpc) is 2.78. The third kappa shape index (κ3) is 6.15. The predicted octanol–water partition coefficient (Wildman–Crippen LogP) is 2.81. The van der Waals surface area contributed by atoms with E-state index in [0.717, 1.165) is 37.3 Å². The summed E-state index contributed by atoms with van der Waals surface area (Å²) in [7, 11) is 0. The summed E-state index contributed by atoms with van der Waals surface area (Å²) in [5.74, 6) is -0.333. The smallest absolute Gasteiger partial charge is 0.271 e. The molecule has 0 aliphatic carbocycles. The van der Waals surface area contributed by atoms with Gasteiger partial charge < -0.3 is 11.1 Å². The summed E-state index contributed by atoms with van der Waals surface area (Å²) in [5.41, 5.74) is 9.10. The van der Waals surface area contributed by atoms with Crippen molar-refractivity contribution >= 4 is 24.8 Å². The van der Waals surface area contributed by atoms with E-state index in [2.05, 4.69) is 15.3 Å². The molecule has 1 aliphatic rings. The number of rotatable bonds is 6. The van der Waals surface area contributed by atoms with Crippen molar-refractivity contribution in [3.05, 3.63) is 87.5 Å². The minimum atomic E-state index is -0.333. The zero-order valence-electron chi connectivity index (χ0n) is 17.7. The van der Waals surface area contributed by atoms with Gasteiger partial charge in [-0.05, 0) is 29.8 Å². The Bertz CT molecular complexity index is 1070. The lowest BCUT2D eigenvalue weighted by Gasteiger charge is -2.27. The van der Waals surface area contributed by atoms with Gasteiger partial charge in [-0.1, -0.05) is 30.3 Å². The van der Waals surface area contributed by atoms with Crippen molar-refractivity contribution in [1.82, 2.24) is 20.0 Å². The second-order valence-electron chi connectivity index (χ2n) is 7.54. The summed E-state index contributed by atoms with van der Waals surface area (Å²) >= 11 is 0. The molecule has 0 unspecified atom stereocenters. The lowest BCUT2D eigenvalue weighted by molar-refractivity contribution is 0.231. The Hall–Kier alpha value is -2.29. The maximum Gasteiger partial charge on any atom is 0.271 e. The molecular formula is C23H28Cl2FN5O. The zero-order valence-corrected chi connectivity index (χ0v) is 19.3. The molecule has 172 valence electrons. The van der Waals surface area contributed by atoms with Crippen LogP contribution in [0.4, 0.5) is 4.39 Å². The monoisotopic (exact) mass is 479 g/mol. The van der Waals surface area contributed by atoms with Crippen molar-refractivity contribution in [2.24, 2.45) is 5.73 Å². The van der Waals surface area contributed by atoms with E-state index in [0.29, 0.717) is 29.9 Å². The average molecular weight is 480 g/mol. The highest BCUT2D eigenvalue weighted by molar-refractivity contribution is 5.85. The highest BCUT2D eigenvalue weighted by Crippen LogP contribution is 2.21. The van der Waals surface area contributed by atoms with Crippen LogP contribution in [0.5, 0.6) is 0 Å². The Morgan fingerprint density at radius 2 is 1.69 bits per heavy atom. The first-order valence-electron chi connectivity index (χ1n) is 10.2. The fourth-order valence-electron chi connectivity index (χ4n) is 3.72. The molecule has 0 saturated carbocycles. The number of benzene rings is 2. The summed E-state index contributed by atoms with van der Waals surface area (Å²) in [6.45, 7) is 4.66. The van der Waals surface area contributed by atoms with Crippen LogP contribution in [-0.2, 0) is 19.6 Å². The van der Waals surface area contributed by atoms with Crippen LogP contribution in [0.2, 0.25) is 0 Å². The molecule has 4 rings (SSSR count). The lowest BCUT2D eigenvalue weighted by Crippen LogP contribution is -2.44. The molecule has 6 nitrogen and oxygen atoms in total. The van der Waals surface area contributed by atoms with Crippen LogP contribution in [0.3, 0.4) is 0 Å². The van der Waals surface area contributed by atoms with E-state index in [-0.39, 0.29) is 42.7 Å². The molecule has 3 aromatic rings. The Kier molecular flexibility index (Phi) is 9.81. The summed E-state index contributed by atoms with van der Waals surface area (Å²) in [6.07, 6.45) is 0. The van der Waals surface area contributed by atoms with Crippen LogP contribution in [0, 0.1) is 5.82 Å². The minimum Gasteiger partial charge on any atom is -0.326 e. The van der Waals surface area contributed by atoms with Crippen molar-refractivity contribution in [3.63, 3.8) is 0 Å². The molecule has 0 amide bonds. The van der Waals surface area contributed by atoms with Crippen LogP contribution >= 0.6 is 24.8 Å². The predicted molar refractivity (Wildman–Crippen MR) is 130 cm³/mol. The maximum absolute atomic E-state index is 13.9. The van der Waals surface area contributed by atoms with Gasteiger partial charge in [0.25, 0.3) is 5.56 Å². The molecule has 0 radical (unpaired) electrons. The summed E-state index contributed by atoms with van der Waals surface area (Å²) in [5, 5.41) is 7.94. The van der Waals surface area contributed by atoms with E-state index in [4.69, 9.17) is 5.73 Å². The van der Waals surface area contributed by atoms with E-state index >= 15 is 0 Å². The van der Waals surface area contributed by atoms with Gasteiger partial charge in [0.05, 0.1) is 12.2 Å². The molecule has 1 saturated heterocycles. The van der Waals surface area contributed by atoms with Crippen LogP contribution in [-0.4, -0.2) is 40.9 Å². The van der Waals surface area contributed by atoms with E-state index in [1.165, 1.54) is 10.7 Å². The molecule has 0 atom stereocenters. The molecule has 9 heteroatoms. The Balaban J connectivity index is 0.00000181. The second-order valence-corrected chi connectivity index (χ2v) is 7.54. The van der Waals surface area contributed by atoms with E-state index < -0.39 is 0 Å². The molecule has 32 heavy (non-hydrogen) atoms. The van der Waals surface area contributed by atoms with Crippen molar-refractivity contribution in [2.75, 3.05) is 26.2 Å². The fraction of sp³-hybridized carbons (Fsp3) is 0.304. The van der Waals surface area contributed by atoms with Gasteiger partial charge >= 0.3 is 0 Å². The van der Waals surface area contributed by atoms with Gasteiger partial charge in [0.2, 0.25) is 0 Å². The van der Waals surface area contributed by atoms with Gasteiger partial charge in [-0.2, -0.15) is 5.10 Å². The largest absolute Gasteiger partial charge is 0.326 e. The number of nitrogens with two attached hydrogens (primary N) is 1. The van der Waals surface area contributed by atoms with Gasteiger partial charge in [-0.15, -0.1) is 24.8 Å². The normalized spacial score (nSPS) is 13.8. The number of nitrogens with zero attached hydrogens (tertiary/aromatic N) is 3. The second kappa shape index (κ2) is 12.1. The number of aromatic nitrogens is 2. The van der Waals surface area contributed by atoms with Gasteiger partial charge in [0.15, 0.2) is 0 Å². The Morgan fingerprint density at radius 1 is 0.969 bits per heavy atom. The number of piperazine rings is 1. The van der Waals surface area contributed by atoms with Crippen molar-refractivity contribution in [2.45, 2.75) is 19.6 Å². The van der Waals surface area contributed by atoms with E-state index in [9.17, 15) is 9.18 Å². The van der Waals surface area contributed by atoms with Crippen LogP contribution in [0.1, 0.15) is 16.7 Å². The highest BCUT2D eigenvalue weighted by atomic mass is 35.5. The summed E-state index contributed by atoms with van der Waals surface area (Å²) in [6, 6.07) is 16.4. The van der Waals surface area contributed by atoms with Crippen molar-refractivity contribution in [3.8, 4) is 11.3 Å². The van der Waals surface area contributed by atoms with Crippen LogP contribution < -0.4 is 16.6 Å². The van der Waals surface area contributed by atoms with E-state index in [1.54, 1.807) is 12.1 Å². The summed E-state index contributed by atoms with van der Waals surface area (Å²) < 4.78 is 15.4. The summed E-state index contributed by atoms with van der Waals surface area (Å²) in [4.78, 5) is 15.4. The zero-order chi connectivity index (χ0) is 20.9. The number of hydrogen-bond acceptors (Lipinski definition) is 5. The fourth-order valence-corrected chi connectivity index (χ4v) is 3.72. The first-order chi connectivity index (χ1) is 14.6. The number of halogens is 3. The number of nitrogens with one attached hydrogen (secondary N) is 1. The topological polar surface area (TPSA) is 76.2 Å². The molecule has 3 N–H and O–H groups in total. The van der Waals surface area contributed by atoms with Crippen LogP contribution in [0.15, 0.2) is 59.4 Å². The van der Waals surface area contributed by atoms with E-state index in [1.807, 2.05) is 36.4 Å². The molecule has 2 aromatic carbocycles. The minimum absolute atomic E-state index is 0. The lowest BCUT2D eigenvalue weighted by atomic mass is 10.1. The van der Waals surface area contributed by atoms with Crippen molar-refractivity contribution < 1.29 is 4.39 Å². The third-order valence-corrected chi connectivity index (χ3v) is 5.39. The molecule has 0 bridgehead atoms. The number of hydrogen-bond donors (Lipinski definition) is 2. The molecule has 1 aliphatic heterocycles. The molecular weight excluding hydrogens is 452 g/mol. The highest BCUT2D eigenvalue weighted by Gasteiger charge is 2.16. The van der Waals surface area contributed by atoms with Gasteiger partial charge in [-0.3, -0.25) is 9.69 Å². The van der Waals surface area contributed by atoms with Gasteiger partial charge in [0.1, 0.15) is 5.82 Å². The van der Waals surface area contributed by atoms with Gasteiger partial charge in [0, 0.05) is 56.0 Å². The third-order valence-electron chi connectivity index (χ3n) is 5.39. The first kappa shape index (κ1) is 26.0.